The summed E-state index contributed by atoms with van der Waals surface area (Å²) in [7, 11) is 0. The van der Waals surface area contributed by atoms with Gasteiger partial charge in [0.1, 0.15) is 12.1 Å². The molecule has 1 aliphatic heterocycles. The molecule has 0 aliphatic carbocycles. The molecule has 1 amide bonds. The Hall–Kier alpha value is -3.49. The van der Waals surface area contributed by atoms with E-state index in [9.17, 15) is 14.7 Å². The summed E-state index contributed by atoms with van der Waals surface area (Å²) in [5.74, 6) is -0.630. The monoisotopic (exact) mass is 451 g/mol. The molecule has 1 saturated heterocycles. The molecule has 0 unspecified atom stereocenters. The highest BCUT2D eigenvalue weighted by atomic mass is 35.5. The molecule has 0 saturated carbocycles. The Balaban J connectivity index is 1.41. The molecule has 1 fully saturated rings. The molecule has 9 heteroatoms. The van der Waals surface area contributed by atoms with Gasteiger partial charge in [-0.1, -0.05) is 29.8 Å². The molecule has 1 aromatic heterocycles. The van der Waals surface area contributed by atoms with Crippen LogP contribution in [0, 0.1) is 0 Å². The summed E-state index contributed by atoms with van der Waals surface area (Å²) in [6.45, 7) is 1.90. The first kappa shape index (κ1) is 21.7. The molecule has 0 radical (unpaired) electrons. The summed E-state index contributed by atoms with van der Waals surface area (Å²) in [4.78, 5) is 36.3. The number of hydrogen-bond acceptors (Lipinski definition) is 6. The fourth-order valence-electron chi connectivity index (χ4n) is 3.68. The average molecular weight is 452 g/mol. The van der Waals surface area contributed by atoms with Crippen molar-refractivity contribution in [3.05, 3.63) is 70.5 Å². The number of fused-ring (bicyclic) bond motifs is 1. The number of rotatable bonds is 6. The molecule has 0 atom stereocenters. The average Bonchev–Trinajstić information content (AvgIpc) is 2.76. The smallest absolute Gasteiger partial charge is 0.332 e. The third-order valence-corrected chi connectivity index (χ3v) is 5.63. The lowest BCUT2D eigenvalue weighted by atomic mass is 10.1. The summed E-state index contributed by atoms with van der Waals surface area (Å²) in [5.41, 5.74) is 8.53. The van der Waals surface area contributed by atoms with Gasteiger partial charge in [-0.3, -0.25) is 9.69 Å². The molecular weight excluding hydrogens is 430 g/mol. The summed E-state index contributed by atoms with van der Waals surface area (Å²) >= 11 is 5.89. The molecule has 4 rings (SSSR count). The summed E-state index contributed by atoms with van der Waals surface area (Å²) in [6, 6.07) is 12.6. The van der Waals surface area contributed by atoms with Crippen molar-refractivity contribution in [3.63, 3.8) is 0 Å². The third-order valence-electron chi connectivity index (χ3n) is 5.38. The quantitative estimate of drug-likeness (QED) is 0.554. The van der Waals surface area contributed by atoms with E-state index in [1.54, 1.807) is 35.2 Å². The van der Waals surface area contributed by atoms with E-state index in [-0.39, 0.29) is 24.6 Å². The van der Waals surface area contributed by atoms with Crippen LogP contribution in [0.3, 0.4) is 0 Å². The Bertz CT molecular complexity index is 1200. The van der Waals surface area contributed by atoms with Crippen LogP contribution in [0.2, 0.25) is 5.02 Å². The van der Waals surface area contributed by atoms with Gasteiger partial charge in [0, 0.05) is 36.6 Å². The van der Waals surface area contributed by atoms with Crippen molar-refractivity contribution in [2.45, 2.75) is 6.54 Å². The lowest BCUT2D eigenvalue weighted by molar-refractivity contribution is -0.138. The number of carbonyl (C=O) groups excluding carboxylic acids is 1. The highest BCUT2D eigenvalue weighted by Gasteiger charge is 2.25. The molecular formula is C23H22ClN5O3. The Morgan fingerprint density at radius 2 is 1.94 bits per heavy atom. The van der Waals surface area contributed by atoms with E-state index in [4.69, 9.17) is 17.3 Å². The van der Waals surface area contributed by atoms with Crippen molar-refractivity contribution >= 4 is 46.3 Å². The van der Waals surface area contributed by atoms with Gasteiger partial charge in [0.15, 0.2) is 0 Å². The zero-order valence-electron chi connectivity index (χ0n) is 17.2. The molecule has 32 heavy (non-hydrogen) atoms. The maximum absolute atomic E-state index is 12.7. The van der Waals surface area contributed by atoms with Gasteiger partial charge in [0.05, 0.1) is 17.6 Å². The number of benzene rings is 2. The van der Waals surface area contributed by atoms with Crippen LogP contribution in [0.15, 0.2) is 54.4 Å². The van der Waals surface area contributed by atoms with Gasteiger partial charge in [0.2, 0.25) is 5.91 Å². The van der Waals surface area contributed by atoms with E-state index < -0.39 is 5.97 Å². The molecule has 164 valence electrons. The minimum Gasteiger partial charge on any atom is -0.478 e. The molecule has 2 aromatic carbocycles. The van der Waals surface area contributed by atoms with Gasteiger partial charge in [-0.2, -0.15) is 0 Å². The Kier molecular flexibility index (Phi) is 6.34. The van der Waals surface area contributed by atoms with E-state index in [1.165, 1.54) is 6.33 Å². The number of nitrogen functional groups attached to an aromatic ring is 1. The van der Waals surface area contributed by atoms with Gasteiger partial charge < -0.3 is 15.7 Å². The molecule has 2 heterocycles. The second kappa shape index (κ2) is 9.33. The highest BCUT2D eigenvalue weighted by Crippen LogP contribution is 2.20. The fourth-order valence-corrected chi connectivity index (χ4v) is 3.80. The standard InChI is InChI=1S/C23H22ClN5O3/c24-18-4-1-15(2-5-18)9-17(23(31)32)12-28-7-8-29(21(30)13-28)11-16-3-6-19-20(10-16)26-14-27-22(19)25/h1-6,9-10,14H,7-8,11-13H2,(H,31,32)(H2,25,26,27). The van der Waals surface area contributed by atoms with Crippen molar-refractivity contribution in [2.24, 2.45) is 0 Å². The number of halogens is 1. The Morgan fingerprint density at radius 3 is 2.66 bits per heavy atom. The van der Waals surface area contributed by atoms with Crippen molar-refractivity contribution in [2.75, 3.05) is 31.9 Å². The largest absolute Gasteiger partial charge is 0.478 e. The Labute approximate surface area is 189 Å². The van der Waals surface area contributed by atoms with Gasteiger partial charge in [-0.05, 0) is 41.5 Å². The summed E-state index contributed by atoms with van der Waals surface area (Å²) in [5, 5.41) is 11.0. The zero-order chi connectivity index (χ0) is 22.7. The zero-order valence-corrected chi connectivity index (χ0v) is 18.0. The predicted octanol–water partition coefficient (Wildman–Crippen LogP) is 2.68. The number of amides is 1. The van der Waals surface area contributed by atoms with Crippen LogP contribution in [0.4, 0.5) is 5.82 Å². The lowest BCUT2D eigenvalue weighted by Gasteiger charge is -2.34. The Morgan fingerprint density at radius 1 is 1.16 bits per heavy atom. The van der Waals surface area contributed by atoms with Crippen LogP contribution < -0.4 is 5.73 Å². The number of hydrogen-bond donors (Lipinski definition) is 2. The number of nitrogens with two attached hydrogens (primary N) is 1. The van der Waals surface area contributed by atoms with E-state index in [0.717, 1.165) is 22.0 Å². The van der Waals surface area contributed by atoms with E-state index in [1.807, 2.05) is 23.1 Å². The molecule has 8 nitrogen and oxygen atoms in total. The molecule has 1 aliphatic rings. The number of nitrogens with zero attached hydrogens (tertiary/aromatic N) is 4. The van der Waals surface area contributed by atoms with Crippen LogP contribution in [-0.4, -0.2) is 62.9 Å². The van der Waals surface area contributed by atoms with Crippen LogP contribution in [0.1, 0.15) is 11.1 Å². The summed E-state index contributed by atoms with van der Waals surface area (Å²) in [6.07, 6.45) is 3.03. The van der Waals surface area contributed by atoms with Crippen LogP contribution >= 0.6 is 11.6 Å². The lowest BCUT2D eigenvalue weighted by Crippen LogP contribution is -2.50. The number of aliphatic carboxylic acids is 1. The maximum atomic E-state index is 12.7. The van der Waals surface area contributed by atoms with E-state index in [0.29, 0.717) is 30.5 Å². The van der Waals surface area contributed by atoms with Crippen molar-refractivity contribution in [3.8, 4) is 0 Å². The van der Waals surface area contributed by atoms with Crippen molar-refractivity contribution in [1.29, 1.82) is 0 Å². The van der Waals surface area contributed by atoms with E-state index >= 15 is 0 Å². The first-order chi connectivity index (χ1) is 15.4. The topological polar surface area (TPSA) is 113 Å². The summed E-state index contributed by atoms with van der Waals surface area (Å²) < 4.78 is 0. The second-order valence-corrected chi connectivity index (χ2v) is 8.10. The fraction of sp³-hybridized carbons (Fsp3) is 0.217. The molecule has 3 aromatic rings. The van der Waals surface area contributed by atoms with Crippen LogP contribution in [0.25, 0.3) is 17.0 Å². The SMILES string of the molecule is Nc1ncnc2cc(CN3CCN(CC(=Cc4ccc(Cl)cc4)C(=O)O)CC3=O)ccc12. The van der Waals surface area contributed by atoms with Crippen LogP contribution in [0.5, 0.6) is 0 Å². The minimum absolute atomic E-state index is 0.0465. The third kappa shape index (κ3) is 5.04. The maximum Gasteiger partial charge on any atom is 0.332 e. The predicted molar refractivity (Wildman–Crippen MR) is 123 cm³/mol. The number of carboxylic acids is 1. The van der Waals surface area contributed by atoms with Crippen molar-refractivity contribution < 1.29 is 14.7 Å². The normalized spacial score (nSPS) is 15.3. The minimum atomic E-state index is -1.01. The van der Waals surface area contributed by atoms with Gasteiger partial charge in [-0.25, -0.2) is 14.8 Å². The number of piperazine rings is 1. The first-order valence-corrected chi connectivity index (χ1v) is 10.5. The first-order valence-electron chi connectivity index (χ1n) is 10.1. The second-order valence-electron chi connectivity index (χ2n) is 7.66. The number of carbonyl (C=O) groups is 2. The number of aromatic nitrogens is 2. The van der Waals surface area contributed by atoms with Gasteiger partial charge in [0.25, 0.3) is 0 Å². The van der Waals surface area contributed by atoms with Crippen molar-refractivity contribution in [1.82, 2.24) is 19.8 Å². The molecule has 0 bridgehead atoms. The van der Waals surface area contributed by atoms with Crippen LogP contribution in [-0.2, 0) is 16.1 Å². The molecule has 0 spiro atoms. The number of anilines is 1. The van der Waals surface area contributed by atoms with Gasteiger partial charge in [-0.15, -0.1) is 0 Å². The number of carboxylic acid groups (broad SMARTS) is 1. The molecule has 3 N–H and O–H groups in total. The van der Waals surface area contributed by atoms with E-state index in [2.05, 4.69) is 9.97 Å². The highest BCUT2D eigenvalue weighted by molar-refractivity contribution is 6.30. The van der Waals surface area contributed by atoms with Gasteiger partial charge >= 0.3 is 5.97 Å².